The third kappa shape index (κ3) is 6.00. The molecule has 1 amide bonds. The summed E-state index contributed by atoms with van der Waals surface area (Å²) in [6.07, 6.45) is 5.53. The minimum absolute atomic E-state index is 0.0181. The third-order valence-electron chi connectivity index (χ3n) is 7.94. The molecule has 6 heteroatoms. The monoisotopic (exact) mass is 560 g/mol. The number of ether oxygens (including phenoxy) is 1. The second kappa shape index (κ2) is 12.1. The van der Waals surface area contributed by atoms with Crippen molar-refractivity contribution in [2.24, 2.45) is 5.92 Å². The molecule has 2 heterocycles. The van der Waals surface area contributed by atoms with Crippen molar-refractivity contribution in [1.82, 2.24) is 9.88 Å². The van der Waals surface area contributed by atoms with Crippen molar-refractivity contribution < 1.29 is 9.53 Å². The van der Waals surface area contributed by atoms with Gasteiger partial charge in [0.25, 0.3) is 5.91 Å². The van der Waals surface area contributed by atoms with E-state index in [1.807, 2.05) is 51.1 Å². The van der Waals surface area contributed by atoms with E-state index in [-0.39, 0.29) is 11.9 Å². The molecule has 0 saturated heterocycles. The number of amides is 1. The summed E-state index contributed by atoms with van der Waals surface area (Å²) >= 11 is 8.33. The molecule has 1 saturated carbocycles. The van der Waals surface area contributed by atoms with Gasteiger partial charge in [0.2, 0.25) is 0 Å². The maximum atomic E-state index is 14.3. The highest BCUT2D eigenvalue weighted by Crippen LogP contribution is 2.39. The van der Waals surface area contributed by atoms with Crippen LogP contribution in [0.25, 0.3) is 21.2 Å². The summed E-state index contributed by atoms with van der Waals surface area (Å²) < 4.78 is 7.12. The van der Waals surface area contributed by atoms with Crippen LogP contribution in [0.3, 0.4) is 0 Å². The van der Waals surface area contributed by atoms with Crippen LogP contribution in [0.1, 0.15) is 72.6 Å². The molecule has 2 aromatic carbocycles. The van der Waals surface area contributed by atoms with E-state index >= 15 is 0 Å². The van der Waals surface area contributed by atoms with E-state index in [1.165, 1.54) is 17.8 Å². The molecule has 0 bridgehead atoms. The molecule has 4 nitrogen and oxygen atoms in total. The Morgan fingerprint density at radius 3 is 2.38 bits per heavy atom. The van der Waals surface area contributed by atoms with Gasteiger partial charge in [-0.15, -0.1) is 11.3 Å². The fourth-order valence-corrected chi connectivity index (χ4v) is 7.35. The van der Waals surface area contributed by atoms with E-state index in [1.54, 1.807) is 0 Å². The molecule has 39 heavy (non-hydrogen) atoms. The van der Waals surface area contributed by atoms with Crippen molar-refractivity contribution in [3.63, 3.8) is 0 Å². The van der Waals surface area contributed by atoms with Crippen LogP contribution in [0.4, 0.5) is 0 Å². The van der Waals surface area contributed by atoms with Crippen molar-refractivity contribution in [2.45, 2.75) is 72.4 Å². The fourth-order valence-electron chi connectivity index (χ4n) is 5.88. The minimum Gasteiger partial charge on any atom is -0.494 e. The molecule has 0 aliphatic heterocycles. The average Bonchev–Trinajstić information content (AvgIpc) is 3.28. The first-order valence-corrected chi connectivity index (χ1v) is 15.3. The minimum atomic E-state index is 0.0181. The zero-order valence-electron chi connectivity index (χ0n) is 23.3. The lowest BCUT2D eigenvalue weighted by Crippen LogP contribution is -2.41. The first-order valence-electron chi connectivity index (χ1n) is 14.1. The topological polar surface area (TPSA) is 42.4 Å². The molecule has 1 aliphatic carbocycles. The van der Waals surface area contributed by atoms with E-state index in [4.69, 9.17) is 16.3 Å². The number of hydrogen-bond acceptors (Lipinski definition) is 4. The molecular weight excluding hydrogens is 524 g/mol. The number of hydrogen-bond donors (Lipinski definition) is 0. The van der Waals surface area contributed by atoms with Gasteiger partial charge < -0.3 is 9.64 Å². The van der Waals surface area contributed by atoms with Gasteiger partial charge in [0.1, 0.15) is 10.6 Å². The maximum Gasteiger partial charge on any atom is 0.266 e. The Bertz CT molecular complexity index is 1450. The molecule has 1 aliphatic rings. The Morgan fingerprint density at radius 1 is 1.00 bits per heavy atom. The number of thiophene rings is 1. The smallest absolute Gasteiger partial charge is 0.266 e. The van der Waals surface area contributed by atoms with Gasteiger partial charge in [-0.3, -0.25) is 9.78 Å². The average molecular weight is 561 g/mol. The Morgan fingerprint density at radius 2 is 1.72 bits per heavy atom. The van der Waals surface area contributed by atoms with Crippen LogP contribution in [0.2, 0.25) is 5.02 Å². The summed E-state index contributed by atoms with van der Waals surface area (Å²) in [7, 11) is 0. The zero-order chi connectivity index (χ0) is 27.5. The van der Waals surface area contributed by atoms with E-state index in [2.05, 4.69) is 41.1 Å². The molecule has 204 valence electrons. The van der Waals surface area contributed by atoms with Gasteiger partial charge in [0.15, 0.2) is 0 Å². The summed E-state index contributed by atoms with van der Waals surface area (Å²) in [6, 6.07) is 18.7. The number of halogens is 1. The molecule has 0 unspecified atom stereocenters. The van der Waals surface area contributed by atoms with Crippen molar-refractivity contribution in [3.05, 3.63) is 81.4 Å². The molecule has 1 fully saturated rings. The van der Waals surface area contributed by atoms with Crippen molar-refractivity contribution in [2.75, 3.05) is 6.61 Å². The molecule has 0 atom stereocenters. The number of carbonyl (C=O) groups excluding carboxylic acids is 1. The lowest BCUT2D eigenvalue weighted by Gasteiger charge is -2.37. The number of aromatic nitrogens is 1. The van der Waals surface area contributed by atoms with Crippen LogP contribution in [0, 0.1) is 19.8 Å². The first kappa shape index (κ1) is 27.7. The van der Waals surface area contributed by atoms with Gasteiger partial charge in [-0.2, -0.15) is 0 Å². The lowest BCUT2D eigenvalue weighted by atomic mass is 9.83. The Balaban J connectivity index is 1.55. The zero-order valence-corrected chi connectivity index (χ0v) is 24.9. The Labute approximate surface area is 241 Å². The molecule has 4 aromatic rings. The van der Waals surface area contributed by atoms with Crippen LogP contribution >= 0.6 is 22.9 Å². The van der Waals surface area contributed by atoms with Crippen LogP contribution in [-0.4, -0.2) is 28.4 Å². The molecule has 2 aromatic heterocycles. The van der Waals surface area contributed by atoms with Crippen molar-refractivity contribution >= 4 is 38.9 Å². The summed E-state index contributed by atoms with van der Waals surface area (Å²) in [5, 5.41) is 1.51. The van der Waals surface area contributed by atoms with Gasteiger partial charge in [0, 0.05) is 39.6 Å². The number of benzene rings is 2. The number of nitrogens with zero attached hydrogens (tertiary/aromatic N) is 2. The largest absolute Gasteiger partial charge is 0.494 e. The van der Waals surface area contributed by atoms with E-state index in [0.29, 0.717) is 23.1 Å². The SMILES string of the molecule is CCOc1ccc(-c2cc(C)nc(C)c2)cc1CN(C(=O)c1sc2ccccc2c1Cl)C1CCC(CC)CC1. The quantitative estimate of drug-likeness (QED) is 0.216. The number of carbonyl (C=O) groups is 1. The first-order chi connectivity index (χ1) is 18.9. The highest BCUT2D eigenvalue weighted by molar-refractivity contribution is 7.21. The number of pyridine rings is 1. The summed E-state index contributed by atoms with van der Waals surface area (Å²) in [6.45, 7) is 9.36. The molecular formula is C33H37ClN2O2S. The molecule has 0 spiro atoms. The number of aryl methyl sites for hydroxylation is 2. The van der Waals surface area contributed by atoms with E-state index in [9.17, 15) is 4.79 Å². The van der Waals surface area contributed by atoms with Gasteiger partial charge in [-0.25, -0.2) is 0 Å². The second-order valence-corrected chi connectivity index (χ2v) is 12.1. The fraction of sp³-hybridized carbons (Fsp3) is 0.394. The molecule has 0 radical (unpaired) electrons. The van der Waals surface area contributed by atoms with E-state index in [0.717, 1.165) is 75.5 Å². The Hall–Kier alpha value is -2.89. The lowest BCUT2D eigenvalue weighted by molar-refractivity contribution is 0.0590. The third-order valence-corrected chi connectivity index (χ3v) is 9.60. The van der Waals surface area contributed by atoms with Crippen LogP contribution in [0.5, 0.6) is 5.75 Å². The Kier molecular flexibility index (Phi) is 8.58. The summed E-state index contributed by atoms with van der Waals surface area (Å²) in [4.78, 5) is 21.6. The highest BCUT2D eigenvalue weighted by atomic mass is 35.5. The summed E-state index contributed by atoms with van der Waals surface area (Å²) in [5.74, 6) is 1.59. The molecule has 0 N–H and O–H groups in total. The number of rotatable bonds is 8. The number of fused-ring (bicyclic) bond motifs is 1. The highest BCUT2D eigenvalue weighted by Gasteiger charge is 2.32. The van der Waals surface area contributed by atoms with Gasteiger partial charge in [0.05, 0.1) is 11.6 Å². The van der Waals surface area contributed by atoms with Gasteiger partial charge >= 0.3 is 0 Å². The van der Waals surface area contributed by atoms with Crippen LogP contribution in [-0.2, 0) is 6.54 Å². The maximum absolute atomic E-state index is 14.3. The van der Waals surface area contributed by atoms with Crippen molar-refractivity contribution in [3.8, 4) is 16.9 Å². The standard InChI is InChI=1S/C33H37ClN2O2S/c1-5-23-11-14-27(15-12-23)36(33(37)32-31(34)28-9-7-8-10-30(28)39-32)20-26-19-24(13-16-29(26)38-6-2)25-17-21(3)35-22(4)18-25/h7-10,13,16-19,23,27H,5-6,11-12,14-15,20H2,1-4H3. The second-order valence-electron chi connectivity index (χ2n) is 10.7. The summed E-state index contributed by atoms with van der Waals surface area (Å²) in [5.41, 5.74) is 5.22. The predicted octanol–water partition coefficient (Wildman–Crippen LogP) is 9.24. The van der Waals surface area contributed by atoms with Crippen LogP contribution < -0.4 is 4.74 Å². The van der Waals surface area contributed by atoms with Crippen LogP contribution in [0.15, 0.2) is 54.6 Å². The van der Waals surface area contributed by atoms with E-state index < -0.39 is 0 Å². The van der Waals surface area contributed by atoms with Crippen molar-refractivity contribution in [1.29, 1.82) is 0 Å². The normalized spacial score (nSPS) is 17.4. The molecule has 5 rings (SSSR count). The predicted molar refractivity (Wildman–Crippen MR) is 163 cm³/mol. The van der Waals surface area contributed by atoms with Gasteiger partial charge in [-0.05, 0) is 93.8 Å². The van der Waals surface area contributed by atoms with Gasteiger partial charge in [-0.1, -0.05) is 49.2 Å².